The lowest BCUT2D eigenvalue weighted by molar-refractivity contribution is 0.0701. The van der Waals surface area contributed by atoms with Gasteiger partial charge in [-0.15, -0.1) is 0 Å². The van der Waals surface area contributed by atoms with Gasteiger partial charge < -0.3 is 14.3 Å². The molecule has 1 aromatic heterocycles. The fourth-order valence-corrected chi connectivity index (χ4v) is 2.80. The Labute approximate surface area is 107 Å². The predicted octanol–water partition coefficient (Wildman–Crippen LogP) is 3.33. The first-order chi connectivity index (χ1) is 8.68. The molecule has 1 aromatic carbocycles. The number of rotatable bonds is 1. The lowest BCUT2D eigenvalue weighted by Gasteiger charge is -2.24. The topological polar surface area (TPSA) is 29.9 Å². The summed E-state index contributed by atoms with van der Waals surface area (Å²) in [6.45, 7) is 1.24. The molecule has 2 aromatic rings. The molecule has 18 heavy (non-hydrogen) atoms. The van der Waals surface area contributed by atoms with Crippen molar-refractivity contribution >= 4 is 23.3 Å². The maximum Gasteiger partial charge on any atom is 0.184 e. The summed E-state index contributed by atoms with van der Waals surface area (Å²) in [5.74, 6) is -1.69. The molecule has 1 N–H and O–H groups in total. The predicted molar refractivity (Wildman–Crippen MR) is 66.1 cm³/mol. The number of halogens is 2. The fourth-order valence-electron chi connectivity index (χ4n) is 2.45. The zero-order chi connectivity index (χ0) is 12.7. The molecule has 0 bridgehead atoms. The minimum atomic E-state index is -0.850. The number of aromatic nitrogens is 2. The van der Waals surface area contributed by atoms with Gasteiger partial charge in [-0.2, -0.15) is 0 Å². The highest BCUT2D eigenvalue weighted by Crippen LogP contribution is 2.28. The number of ether oxygens (including phenoxy) is 1. The molecule has 6 heteroatoms. The van der Waals surface area contributed by atoms with Crippen molar-refractivity contribution in [3.63, 3.8) is 0 Å². The Hall–Kier alpha value is -1.27. The van der Waals surface area contributed by atoms with E-state index in [2.05, 4.69) is 4.98 Å². The minimum absolute atomic E-state index is 0.0660. The van der Waals surface area contributed by atoms with Crippen LogP contribution in [0.1, 0.15) is 18.9 Å². The molecule has 0 radical (unpaired) electrons. The Kier molecular flexibility index (Phi) is 2.91. The standard InChI is InChI=1S/C12H12F2N2OS/c13-8-1-2-9-11(10(8)14)16(12(18)15-9)7-3-5-17-6-4-7/h1-2,7H,3-6H2,(H,15,18). The van der Waals surface area contributed by atoms with Crippen molar-refractivity contribution in [1.82, 2.24) is 9.55 Å². The first kappa shape index (κ1) is 11.8. The van der Waals surface area contributed by atoms with Gasteiger partial charge in [-0.3, -0.25) is 0 Å². The number of hydrogen-bond donors (Lipinski definition) is 1. The van der Waals surface area contributed by atoms with E-state index in [0.717, 1.165) is 18.9 Å². The van der Waals surface area contributed by atoms with Gasteiger partial charge in [-0.1, -0.05) is 0 Å². The molecule has 0 spiro atoms. The van der Waals surface area contributed by atoms with E-state index in [4.69, 9.17) is 17.0 Å². The Bertz CT molecular complexity index is 643. The molecule has 1 aliphatic heterocycles. The molecule has 96 valence electrons. The summed E-state index contributed by atoms with van der Waals surface area (Å²) in [7, 11) is 0. The number of nitrogens with one attached hydrogen (secondary N) is 1. The highest BCUT2D eigenvalue weighted by molar-refractivity contribution is 7.71. The van der Waals surface area contributed by atoms with Gasteiger partial charge in [-0.05, 0) is 37.2 Å². The number of hydrogen-bond acceptors (Lipinski definition) is 2. The van der Waals surface area contributed by atoms with Crippen molar-refractivity contribution in [1.29, 1.82) is 0 Å². The Balaban J connectivity index is 2.23. The molecule has 1 saturated heterocycles. The molecule has 1 fully saturated rings. The zero-order valence-corrected chi connectivity index (χ0v) is 10.4. The lowest BCUT2D eigenvalue weighted by Crippen LogP contribution is -2.20. The number of imidazole rings is 1. The average molecular weight is 270 g/mol. The van der Waals surface area contributed by atoms with Crippen LogP contribution in [-0.2, 0) is 4.74 Å². The van der Waals surface area contributed by atoms with Gasteiger partial charge in [-0.25, -0.2) is 8.78 Å². The van der Waals surface area contributed by atoms with E-state index in [0.29, 0.717) is 23.5 Å². The minimum Gasteiger partial charge on any atom is -0.381 e. The third-order valence-corrected chi connectivity index (χ3v) is 3.63. The Morgan fingerprint density at radius 2 is 2.00 bits per heavy atom. The summed E-state index contributed by atoms with van der Waals surface area (Å²) in [5.41, 5.74) is 0.761. The average Bonchev–Trinajstić information content (AvgIpc) is 2.72. The zero-order valence-electron chi connectivity index (χ0n) is 9.58. The smallest absolute Gasteiger partial charge is 0.184 e. The summed E-state index contributed by atoms with van der Waals surface area (Å²) in [5, 5.41) is 0. The van der Waals surface area contributed by atoms with E-state index in [1.54, 1.807) is 4.57 Å². The quantitative estimate of drug-likeness (QED) is 0.806. The van der Waals surface area contributed by atoms with Crippen LogP contribution in [0, 0.1) is 16.4 Å². The molecule has 0 saturated carbocycles. The van der Waals surface area contributed by atoms with E-state index in [9.17, 15) is 8.78 Å². The van der Waals surface area contributed by atoms with Crippen molar-refractivity contribution in [2.45, 2.75) is 18.9 Å². The van der Waals surface area contributed by atoms with Crippen LogP contribution in [0.25, 0.3) is 11.0 Å². The molecular formula is C12H12F2N2OS. The summed E-state index contributed by atoms with van der Waals surface area (Å²) in [6, 6.07) is 2.69. The highest BCUT2D eigenvalue weighted by atomic mass is 32.1. The van der Waals surface area contributed by atoms with Crippen molar-refractivity contribution in [3.8, 4) is 0 Å². The molecule has 1 aliphatic rings. The monoisotopic (exact) mass is 270 g/mol. The van der Waals surface area contributed by atoms with Crippen LogP contribution in [-0.4, -0.2) is 22.8 Å². The van der Waals surface area contributed by atoms with Crippen molar-refractivity contribution in [2.24, 2.45) is 0 Å². The van der Waals surface area contributed by atoms with E-state index in [-0.39, 0.29) is 11.6 Å². The number of aromatic amines is 1. The van der Waals surface area contributed by atoms with Crippen LogP contribution in [0.15, 0.2) is 12.1 Å². The van der Waals surface area contributed by atoms with Gasteiger partial charge in [0.25, 0.3) is 0 Å². The second-order valence-corrected chi connectivity index (χ2v) is 4.79. The largest absolute Gasteiger partial charge is 0.381 e. The van der Waals surface area contributed by atoms with Crippen molar-refractivity contribution in [3.05, 3.63) is 28.5 Å². The molecule has 0 unspecified atom stereocenters. The summed E-state index contributed by atoms with van der Waals surface area (Å²) in [6.07, 6.45) is 1.52. The Morgan fingerprint density at radius 3 is 2.72 bits per heavy atom. The van der Waals surface area contributed by atoms with Gasteiger partial charge in [0.2, 0.25) is 0 Å². The van der Waals surface area contributed by atoms with Gasteiger partial charge >= 0.3 is 0 Å². The van der Waals surface area contributed by atoms with E-state index in [1.165, 1.54) is 6.07 Å². The van der Waals surface area contributed by atoms with Crippen LogP contribution < -0.4 is 0 Å². The van der Waals surface area contributed by atoms with Gasteiger partial charge in [0.1, 0.15) is 5.52 Å². The summed E-state index contributed by atoms with van der Waals surface area (Å²) in [4.78, 5) is 2.92. The van der Waals surface area contributed by atoms with Crippen molar-refractivity contribution < 1.29 is 13.5 Å². The third-order valence-electron chi connectivity index (χ3n) is 3.33. The molecule has 0 atom stereocenters. The van der Waals surface area contributed by atoms with E-state index < -0.39 is 11.6 Å². The number of benzene rings is 1. The fraction of sp³-hybridized carbons (Fsp3) is 0.417. The van der Waals surface area contributed by atoms with Crippen LogP contribution in [0.4, 0.5) is 8.78 Å². The molecular weight excluding hydrogens is 258 g/mol. The maximum atomic E-state index is 13.9. The van der Waals surface area contributed by atoms with Gasteiger partial charge in [0.05, 0.1) is 5.52 Å². The van der Waals surface area contributed by atoms with Crippen LogP contribution in [0.3, 0.4) is 0 Å². The van der Waals surface area contributed by atoms with E-state index >= 15 is 0 Å². The second-order valence-electron chi connectivity index (χ2n) is 4.40. The Morgan fingerprint density at radius 1 is 1.28 bits per heavy atom. The van der Waals surface area contributed by atoms with Crippen LogP contribution in [0.2, 0.25) is 0 Å². The molecule has 3 nitrogen and oxygen atoms in total. The normalized spacial score (nSPS) is 17.4. The lowest BCUT2D eigenvalue weighted by atomic mass is 10.1. The summed E-state index contributed by atoms with van der Waals surface area (Å²) >= 11 is 5.21. The third kappa shape index (κ3) is 1.76. The number of fused-ring (bicyclic) bond motifs is 1. The second kappa shape index (κ2) is 4.44. The van der Waals surface area contributed by atoms with Crippen LogP contribution >= 0.6 is 12.2 Å². The molecule has 2 heterocycles. The maximum absolute atomic E-state index is 13.9. The number of H-pyrrole nitrogens is 1. The highest BCUT2D eigenvalue weighted by Gasteiger charge is 2.22. The first-order valence-electron chi connectivity index (χ1n) is 5.84. The van der Waals surface area contributed by atoms with E-state index in [1.807, 2.05) is 0 Å². The molecule has 3 rings (SSSR count). The number of nitrogens with zero attached hydrogens (tertiary/aromatic N) is 1. The van der Waals surface area contributed by atoms with Gasteiger partial charge in [0, 0.05) is 19.3 Å². The van der Waals surface area contributed by atoms with Gasteiger partial charge in [0.15, 0.2) is 16.4 Å². The SMILES string of the molecule is Fc1ccc2[nH]c(=S)n(C3CCOCC3)c2c1F. The molecule has 0 amide bonds. The first-order valence-corrected chi connectivity index (χ1v) is 6.25. The van der Waals surface area contributed by atoms with Crippen molar-refractivity contribution in [2.75, 3.05) is 13.2 Å². The van der Waals surface area contributed by atoms with Crippen LogP contribution in [0.5, 0.6) is 0 Å². The molecule has 0 aliphatic carbocycles. The summed E-state index contributed by atoms with van der Waals surface area (Å²) < 4.78 is 34.7.